The van der Waals surface area contributed by atoms with Gasteiger partial charge < -0.3 is 14.7 Å². The number of likely N-dealkylation sites (tertiary alicyclic amines) is 1. The molecule has 1 saturated heterocycles. The number of hydrogen-bond acceptors (Lipinski definition) is 3. The first-order valence-corrected chi connectivity index (χ1v) is 8.88. The number of nitrogens with zero attached hydrogens (tertiary/aromatic N) is 1. The Morgan fingerprint density at radius 2 is 1.60 bits per heavy atom. The predicted octanol–water partition coefficient (Wildman–Crippen LogP) is 3.43. The van der Waals surface area contributed by atoms with Crippen LogP contribution in [-0.4, -0.2) is 35.1 Å². The second kappa shape index (κ2) is 8.17. The highest BCUT2D eigenvalue weighted by Gasteiger charge is 2.31. The van der Waals surface area contributed by atoms with Crippen LogP contribution in [0.15, 0.2) is 60.7 Å². The molecular weight excluding hydrogens is 314 g/mol. The Morgan fingerprint density at radius 1 is 1.04 bits per heavy atom. The second-order valence-electron chi connectivity index (χ2n) is 6.62. The molecule has 4 nitrogen and oxygen atoms in total. The fourth-order valence-corrected chi connectivity index (χ4v) is 3.29. The van der Waals surface area contributed by atoms with Crippen LogP contribution in [0.1, 0.15) is 31.4 Å². The van der Waals surface area contributed by atoms with Crippen molar-refractivity contribution in [2.45, 2.75) is 32.0 Å². The fourth-order valence-electron chi connectivity index (χ4n) is 3.29. The molecule has 1 fully saturated rings. The molecule has 1 heterocycles. The Morgan fingerprint density at radius 3 is 2.16 bits per heavy atom. The number of benzene rings is 2. The smallest absolute Gasteiger partial charge is 0.268 e. The summed E-state index contributed by atoms with van der Waals surface area (Å²) in [7, 11) is 0. The summed E-state index contributed by atoms with van der Waals surface area (Å²) in [5.74, 6) is 0.942. The molecule has 0 bridgehead atoms. The zero-order valence-electron chi connectivity index (χ0n) is 14.5. The van der Waals surface area contributed by atoms with E-state index in [2.05, 4.69) is 0 Å². The fraction of sp³-hybridized carbons (Fsp3) is 0.381. The Labute approximate surface area is 149 Å². The average molecular weight is 339 g/mol. The SMILES string of the molecule is CC(O)C1CCN(C(=O)C(Oc2ccccc2)c2ccccc2)CC1. The van der Waals surface area contributed by atoms with E-state index >= 15 is 0 Å². The zero-order chi connectivity index (χ0) is 17.6. The molecule has 132 valence electrons. The number of aliphatic hydroxyl groups is 1. The van der Waals surface area contributed by atoms with Crippen LogP contribution in [0, 0.1) is 5.92 Å². The number of para-hydroxylation sites is 1. The molecule has 4 heteroatoms. The first-order chi connectivity index (χ1) is 12.1. The summed E-state index contributed by atoms with van der Waals surface area (Å²) in [4.78, 5) is 15.0. The topological polar surface area (TPSA) is 49.8 Å². The third-order valence-electron chi connectivity index (χ3n) is 4.86. The minimum Gasteiger partial charge on any atom is -0.476 e. The number of rotatable bonds is 5. The molecule has 0 aromatic heterocycles. The Hall–Kier alpha value is -2.33. The van der Waals surface area contributed by atoms with Crippen molar-refractivity contribution in [1.82, 2.24) is 4.90 Å². The minimum absolute atomic E-state index is 0.0147. The average Bonchev–Trinajstić information content (AvgIpc) is 2.67. The summed E-state index contributed by atoms with van der Waals surface area (Å²) < 4.78 is 6.05. The van der Waals surface area contributed by atoms with Crippen molar-refractivity contribution in [2.75, 3.05) is 13.1 Å². The van der Waals surface area contributed by atoms with Crippen LogP contribution in [0.3, 0.4) is 0 Å². The molecule has 1 aliphatic heterocycles. The molecule has 1 N–H and O–H groups in total. The number of aliphatic hydroxyl groups excluding tert-OH is 1. The van der Waals surface area contributed by atoms with Gasteiger partial charge in [-0.1, -0.05) is 48.5 Å². The van der Waals surface area contributed by atoms with Crippen molar-refractivity contribution in [3.05, 3.63) is 66.2 Å². The van der Waals surface area contributed by atoms with Crippen molar-refractivity contribution in [3.8, 4) is 5.75 Å². The first-order valence-electron chi connectivity index (χ1n) is 8.88. The lowest BCUT2D eigenvalue weighted by atomic mass is 9.92. The molecule has 0 saturated carbocycles. The molecule has 25 heavy (non-hydrogen) atoms. The highest BCUT2D eigenvalue weighted by molar-refractivity contribution is 5.82. The van der Waals surface area contributed by atoms with E-state index in [0.29, 0.717) is 18.8 Å². The molecule has 0 radical (unpaired) electrons. The molecule has 0 aliphatic carbocycles. The third-order valence-corrected chi connectivity index (χ3v) is 4.86. The van der Waals surface area contributed by atoms with Crippen LogP contribution < -0.4 is 4.74 Å². The van der Waals surface area contributed by atoms with Crippen LogP contribution in [0.5, 0.6) is 5.75 Å². The molecule has 0 spiro atoms. The van der Waals surface area contributed by atoms with E-state index in [1.807, 2.05) is 72.5 Å². The highest BCUT2D eigenvalue weighted by Crippen LogP contribution is 2.27. The normalized spacial score (nSPS) is 17.8. The molecule has 2 unspecified atom stereocenters. The molecule has 2 aromatic carbocycles. The van der Waals surface area contributed by atoms with Gasteiger partial charge in [-0.25, -0.2) is 0 Å². The van der Waals surface area contributed by atoms with Gasteiger partial charge in [0.2, 0.25) is 6.10 Å². The number of carbonyl (C=O) groups excluding carboxylic acids is 1. The standard InChI is InChI=1S/C21H25NO3/c1-16(23)17-12-14-22(15-13-17)21(24)20(18-8-4-2-5-9-18)25-19-10-6-3-7-11-19/h2-11,16-17,20,23H,12-15H2,1H3. The van der Waals surface area contributed by atoms with Crippen molar-refractivity contribution in [1.29, 1.82) is 0 Å². The predicted molar refractivity (Wildman–Crippen MR) is 97.2 cm³/mol. The monoisotopic (exact) mass is 339 g/mol. The summed E-state index contributed by atoms with van der Waals surface area (Å²) in [6, 6.07) is 19.1. The maximum atomic E-state index is 13.1. The van der Waals surface area contributed by atoms with Gasteiger partial charge in [0.25, 0.3) is 5.91 Å². The van der Waals surface area contributed by atoms with E-state index in [9.17, 15) is 9.90 Å². The van der Waals surface area contributed by atoms with Crippen molar-refractivity contribution in [3.63, 3.8) is 0 Å². The van der Waals surface area contributed by atoms with Crippen LogP contribution in [0.2, 0.25) is 0 Å². The molecule has 2 aromatic rings. The first kappa shape index (κ1) is 17.5. The number of hydrogen-bond donors (Lipinski definition) is 1. The Balaban J connectivity index is 1.76. The Bertz CT molecular complexity index is 664. The number of amides is 1. The zero-order valence-corrected chi connectivity index (χ0v) is 14.5. The van der Waals surface area contributed by atoms with E-state index in [1.165, 1.54) is 0 Å². The van der Waals surface area contributed by atoms with Gasteiger partial charge in [-0.2, -0.15) is 0 Å². The second-order valence-corrected chi connectivity index (χ2v) is 6.62. The summed E-state index contributed by atoms with van der Waals surface area (Å²) >= 11 is 0. The summed E-state index contributed by atoms with van der Waals surface area (Å²) in [5, 5.41) is 9.76. The van der Waals surface area contributed by atoms with Gasteiger partial charge in [0.05, 0.1) is 6.10 Å². The lowest BCUT2D eigenvalue weighted by molar-refractivity contribution is -0.141. The van der Waals surface area contributed by atoms with E-state index in [4.69, 9.17) is 4.74 Å². The molecule has 1 aliphatic rings. The van der Waals surface area contributed by atoms with Gasteiger partial charge in [-0.3, -0.25) is 4.79 Å². The quantitative estimate of drug-likeness (QED) is 0.908. The highest BCUT2D eigenvalue weighted by atomic mass is 16.5. The van der Waals surface area contributed by atoms with E-state index in [-0.39, 0.29) is 17.9 Å². The van der Waals surface area contributed by atoms with E-state index < -0.39 is 6.10 Å². The van der Waals surface area contributed by atoms with Crippen LogP contribution in [-0.2, 0) is 4.79 Å². The van der Waals surface area contributed by atoms with Crippen LogP contribution >= 0.6 is 0 Å². The number of ether oxygens (including phenoxy) is 1. The third kappa shape index (κ3) is 4.40. The van der Waals surface area contributed by atoms with Gasteiger partial charge in [0.1, 0.15) is 5.75 Å². The summed E-state index contributed by atoms with van der Waals surface area (Å²) in [6.45, 7) is 3.15. The molecule has 2 atom stereocenters. The van der Waals surface area contributed by atoms with Gasteiger partial charge in [-0.05, 0) is 37.8 Å². The number of piperidine rings is 1. The van der Waals surface area contributed by atoms with E-state index in [1.54, 1.807) is 0 Å². The lowest BCUT2D eigenvalue weighted by Gasteiger charge is -2.35. The summed E-state index contributed by atoms with van der Waals surface area (Å²) in [6.07, 6.45) is 0.696. The van der Waals surface area contributed by atoms with Gasteiger partial charge in [0, 0.05) is 18.7 Å². The Kier molecular flexibility index (Phi) is 5.71. The molecular formula is C21H25NO3. The maximum Gasteiger partial charge on any atom is 0.268 e. The van der Waals surface area contributed by atoms with Crippen molar-refractivity contribution < 1.29 is 14.6 Å². The van der Waals surface area contributed by atoms with Crippen LogP contribution in [0.4, 0.5) is 0 Å². The van der Waals surface area contributed by atoms with Gasteiger partial charge in [-0.15, -0.1) is 0 Å². The summed E-state index contributed by atoms with van der Waals surface area (Å²) in [5.41, 5.74) is 0.856. The lowest BCUT2D eigenvalue weighted by Crippen LogP contribution is -2.44. The minimum atomic E-state index is -0.647. The van der Waals surface area contributed by atoms with Gasteiger partial charge >= 0.3 is 0 Å². The van der Waals surface area contributed by atoms with E-state index in [0.717, 1.165) is 18.4 Å². The maximum absolute atomic E-state index is 13.1. The van der Waals surface area contributed by atoms with Crippen molar-refractivity contribution in [2.24, 2.45) is 5.92 Å². The molecule has 3 rings (SSSR count). The molecule has 1 amide bonds. The van der Waals surface area contributed by atoms with Gasteiger partial charge in [0.15, 0.2) is 0 Å². The van der Waals surface area contributed by atoms with Crippen LogP contribution in [0.25, 0.3) is 0 Å². The number of carbonyl (C=O) groups is 1. The largest absolute Gasteiger partial charge is 0.476 e. The van der Waals surface area contributed by atoms with Crippen molar-refractivity contribution >= 4 is 5.91 Å².